The van der Waals surface area contributed by atoms with E-state index in [9.17, 15) is 28.1 Å². The number of hydrogen-bond donors (Lipinski definition) is 3. The van der Waals surface area contributed by atoms with Gasteiger partial charge in [0.05, 0.1) is 22.5 Å². The Kier molecular flexibility index (Phi) is 8.03. The topological polar surface area (TPSA) is 142 Å². The Bertz CT molecular complexity index is 1510. The Labute approximate surface area is 215 Å². The second kappa shape index (κ2) is 11.4. The Morgan fingerprint density at radius 3 is 2.45 bits per heavy atom. The molecule has 198 valence electrons. The van der Waals surface area contributed by atoms with E-state index < -0.39 is 28.3 Å². The summed E-state index contributed by atoms with van der Waals surface area (Å²) in [4.78, 5) is 28.1. The second-order valence-electron chi connectivity index (χ2n) is 8.79. The number of fused-ring (bicyclic) bond motifs is 1. The van der Waals surface area contributed by atoms with Crippen LogP contribution in [0, 0.1) is 27.6 Å². The monoisotopic (exact) mass is 526 g/mol. The van der Waals surface area contributed by atoms with E-state index in [4.69, 9.17) is 11.5 Å². The summed E-state index contributed by atoms with van der Waals surface area (Å²) < 4.78 is 43.4. The first-order valence-electron chi connectivity index (χ1n) is 11.8. The second-order valence-corrected chi connectivity index (χ2v) is 8.79. The zero-order valence-electron chi connectivity index (χ0n) is 20.2. The minimum absolute atomic E-state index is 0.0366. The van der Waals surface area contributed by atoms with Crippen molar-refractivity contribution in [3.8, 4) is 11.1 Å². The molecule has 5 N–H and O–H groups in total. The fourth-order valence-corrected chi connectivity index (χ4v) is 4.06. The first-order chi connectivity index (χ1) is 18.2. The third kappa shape index (κ3) is 5.82. The maximum atomic E-state index is 14.7. The van der Waals surface area contributed by atoms with Crippen molar-refractivity contribution in [2.75, 3.05) is 13.1 Å². The molecule has 1 heterocycles. The number of nitro groups is 1. The molecule has 0 fully saturated rings. The summed E-state index contributed by atoms with van der Waals surface area (Å²) in [5, 5.41) is 14.0. The highest BCUT2D eigenvalue weighted by Crippen LogP contribution is 2.28. The molecule has 0 saturated carbocycles. The number of nitrogens with one attached hydrogen (secondary N) is 1. The number of benzene rings is 3. The van der Waals surface area contributed by atoms with Gasteiger partial charge in [-0.25, -0.2) is 18.2 Å². The summed E-state index contributed by atoms with van der Waals surface area (Å²) in [6.07, 6.45) is 1.29. The van der Waals surface area contributed by atoms with Gasteiger partial charge in [0.25, 0.3) is 11.6 Å². The summed E-state index contributed by atoms with van der Waals surface area (Å²) in [7, 11) is 0. The molecule has 0 bridgehead atoms. The van der Waals surface area contributed by atoms with Crippen LogP contribution in [0.5, 0.6) is 0 Å². The Balaban J connectivity index is 1.78. The zero-order valence-corrected chi connectivity index (χ0v) is 20.2. The van der Waals surface area contributed by atoms with Crippen LogP contribution in [0.4, 0.5) is 18.9 Å². The number of carbonyl (C=O) groups excluding carboxylic acids is 1. The SMILES string of the molecule is NCCC[C@H](N)CNC(=O)c1nc2ccc(-c3ccc(F)c(F)c3)cc2n1Cc1cc([N+](=O)[O-])ccc1F. The van der Waals surface area contributed by atoms with Gasteiger partial charge < -0.3 is 21.4 Å². The first kappa shape index (κ1) is 26.8. The van der Waals surface area contributed by atoms with Gasteiger partial charge >= 0.3 is 0 Å². The number of aromatic nitrogens is 2. The van der Waals surface area contributed by atoms with Gasteiger partial charge in [-0.05, 0) is 60.8 Å². The van der Waals surface area contributed by atoms with E-state index >= 15 is 0 Å². The van der Waals surface area contributed by atoms with Crippen molar-refractivity contribution in [3.05, 3.63) is 93.6 Å². The summed E-state index contributed by atoms with van der Waals surface area (Å²) in [5.74, 6) is -3.38. The minimum Gasteiger partial charge on any atom is -0.348 e. The lowest BCUT2D eigenvalue weighted by molar-refractivity contribution is -0.385. The highest BCUT2D eigenvalue weighted by molar-refractivity contribution is 5.95. The molecule has 0 aliphatic carbocycles. The Morgan fingerprint density at radius 1 is 1.03 bits per heavy atom. The van der Waals surface area contributed by atoms with Crippen molar-refractivity contribution in [1.29, 1.82) is 0 Å². The zero-order chi connectivity index (χ0) is 27.4. The van der Waals surface area contributed by atoms with Crippen molar-refractivity contribution >= 4 is 22.6 Å². The number of amides is 1. The van der Waals surface area contributed by atoms with Gasteiger partial charge in [-0.3, -0.25) is 14.9 Å². The molecule has 9 nitrogen and oxygen atoms in total. The van der Waals surface area contributed by atoms with Crippen molar-refractivity contribution < 1.29 is 22.9 Å². The van der Waals surface area contributed by atoms with Gasteiger partial charge in [-0.1, -0.05) is 12.1 Å². The number of nitro benzene ring substituents is 1. The maximum Gasteiger partial charge on any atom is 0.287 e. The van der Waals surface area contributed by atoms with Gasteiger partial charge in [0.2, 0.25) is 0 Å². The number of halogens is 3. The lowest BCUT2D eigenvalue weighted by atomic mass is 10.0. The van der Waals surface area contributed by atoms with Crippen LogP contribution >= 0.6 is 0 Å². The quantitative estimate of drug-likeness (QED) is 0.212. The summed E-state index contributed by atoms with van der Waals surface area (Å²) in [6, 6.07) is 11.0. The van der Waals surface area contributed by atoms with E-state index in [0.717, 1.165) is 30.3 Å². The molecule has 38 heavy (non-hydrogen) atoms. The van der Waals surface area contributed by atoms with E-state index in [0.29, 0.717) is 41.5 Å². The average molecular weight is 527 g/mol. The van der Waals surface area contributed by atoms with Gasteiger partial charge in [-0.15, -0.1) is 0 Å². The third-order valence-corrected chi connectivity index (χ3v) is 6.08. The van der Waals surface area contributed by atoms with Crippen LogP contribution < -0.4 is 16.8 Å². The van der Waals surface area contributed by atoms with Crippen molar-refractivity contribution in [3.63, 3.8) is 0 Å². The molecule has 1 amide bonds. The summed E-state index contributed by atoms with van der Waals surface area (Å²) in [6.45, 7) is 0.354. The van der Waals surface area contributed by atoms with Crippen LogP contribution in [0.3, 0.4) is 0 Å². The summed E-state index contributed by atoms with van der Waals surface area (Å²) >= 11 is 0. The number of nitrogens with zero attached hydrogens (tertiary/aromatic N) is 3. The number of carbonyl (C=O) groups is 1. The van der Waals surface area contributed by atoms with E-state index in [1.54, 1.807) is 18.2 Å². The summed E-state index contributed by atoms with van der Waals surface area (Å²) in [5.41, 5.74) is 12.8. The number of hydrogen-bond acceptors (Lipinski definition) is 6. The molecule has 3 aromatic carbocycles. The predicted molar refractivity (Wildman–Crippen MR) is 136 cm³/mol. The van der Waals surface area contributed by atoms with Gasteiger partial charge in [0.1, 0.15) is 5.82 Å². The fourth-order valence-electron chi connectivity index (χ4n) is 4.06. The lowest BCUT2D eigenvalue weighted by Gasteiger charge is -2.14. The largest absolute Gasteiger partial charge is 0.348 e. The van der Waals surface area contributed by atoms with Crippen LogP contribution in [0.15, 0.2) is 54.6 Å². The highest BCUT2D eigenvalue weighted by Gasteiger charge is 2.21. The standard InChI is InChI=1S/C26H25F3N6O3/c27-20-7-5-19(35(37)38)10-17(20)14-34-24-12-16(15-3-6-21(28)22(29)11-15)4-8-23(24)33-25(34)26(36)32-13-18(31)2-1-9-30/h3-8,10-12,18H,1-2,9,13-14,30-31H2,(H,32,36)/t18-/m0/s1. The molecule has 4 aromatic rings. The molecule has 12 heteroatoms. The van der Waals surface area contributed by atoms with E-state index in [-0.39, 0.29) is 36.2 Å². The number of rotatable bonds is 10. The first-order valence-corrected chi connectivity index (χ1v) is 11.8. The molecular formula is C26H25F3N6O3. The fraction of sp³-hybridized carbons (Fsp3) is 0.231. The molecule has 0 aliphatic rings. The maximum absolute atomic E-state index is 14.7. The van der Waals surface area contributed by atoms with Crippen LogP contribution in [0.1, 0.15) is 29.0 Å². The molecule has 0 spiro atoms. The average Bonchev–Trinajstić information content (AvgIpc) is 3.26. The third-order valence-electron chi connectivity index (χ3n) is 6.08. The molecule has 0 unspecified atom stereocenters. The number of nitrogens with two attached hydrogens (primary N) is 2. The highest BCUT2D eigenvalue weighted by atomic mass is 19.2. The number of non-ortho nitro benzene ring substituents is 1. The Hall–Kier alpha value is -4.29. The molecule has 0 radical (unpaired) electrons. The molecule has 1 aromatic heterocycles. The molecular weight excluding hydrogens is 501 g/mol. The lowest BCUT2D eigenvalue weighted by Crippen LogP contribution is -2.38. The van der Waals surface area contributed by atoms with Gasteiger partial charge in [0, 0.05) is 30.3 Å². The van der Waals surface area contributed by atoms with Crippen LogP contribution in [-0.2, 0) is 6.54 Å². The van der Waals surface area contributed by atoms with Crippen LogP contribution in [0.2, 0.25) is 0 Å². The van der Waals surface area contributed by atoms with E-state index in [1.807, 2.05) is 0 Å². The van der Waals surface area contributed by atoms with Crippen LogP contribution in [-0.4, -0.2) is 39.5 Å². The van der Waals surface area contributed by atoms with Crippen molar-refractivity contribution in [1.82, 2.24) is 14.9 Å². The normalized spacial score (nSPS) is 12.0. The number of imidazole rings is 1. The Morgan fingerprint density at radius 2 is 1.74 bits per heavy atom. The van der Waals surface area contributed by atoms with E-state index in [1.165, 1.54) is 10.6 Å². The van der Waals surface area contributed by atoms with Gasteiger partial charge in [0.15, 0.2) is 17.5 Å². The molecule has 0 saturated heterocycles. The van der Waals surface area contributed by atoms with Gasteiger partial charge in [-0.2, -0.15) is 0 Å². The molecule has 1 atom stereocenters. The molecule has 0 aliphatic heterocycles. The van der Waals surface area contributed by atoms with Crippen LogP contribution in [0.25, 0.3) is 22.2 Å². The molecule has 4 rings (SSSR count). The smallest absolute Gasteiger partial charge is 0.287 e. The minimum atomic E-state index is -1.03. The van der Waals surface area contributed by atoms with Crippen molar-refractivity contribution in [2.45, 2.75) is 25.4 Å². The predicted octanol–water partition coefficient (Wildman–Crippen LogP) is 3.87. The van der Waals surface area contributed by atoms with Crippen molar-refractivity contribution in [2.24, 2.45) is 11.5 Å². The van der Waals surface area contributed by atoms with E-state index in [2.05, 4.69) is 10.3 Å².